The molecule has 1 aliphatic heterocycles. The second-order valence-electron chi connectivity index (χ2n) is 5.44. The van der Waals surface area contributed by atoms with Gasteiger partial charge in [0.1, 0.15) is 0 Å². The number of likely N-dealkylation sites (tertiary alicyclic amines) is 1. The maximum atomic E-state index is 12.1. The molecule has 2 rings (SSSR count). The van der Waals surface area contributed by atoms with Crippen LogP contribution < -0.4 is 11.1 Å². The average Bonchev–Trinajstić information content (AvgIpc) is 2.98. The second-order valence-corrected chi connectivity index (χ2v) is 5.44. The predicted molar refractivity (Wildman–Crippen MR) is 90.4 cm³/mol. The first-order valence-electron chi connectivity index (χ1n) is 7.54. The largest absolute Gasteiger partial charge is 0.383 e. The fourth-order valence-electron chi connectivity index (χ4n) is 2.73. The van der Waals surface area contributed by atoms with Gasteiger partial charge in [-0.1, -0.05) is 12.1 Å². The molecule has 1 fully saturated rings. The number of nitrogens with zero attached hydrogens (tertiary/aromatic N) is 1. The van der Waals surface area contributed by atoms with Crippen molar-refractivity contribution >= 4 is 18.3 Å². The van der Waals surface area contributed by atoms with Crippen LogP contribution in [0.4, 0.5) is 0 Å². The lowest BCUT2D eigenvalue weighted by atomic mass is 10.1. The molecule has 1 aromatic carbocycles. The Balaban J connectivity index is 0.00000242. The normalized spacial score (nSPS) is 18.0. The number of nitrogens with two attached hydrogens (primary N) is 1. The van der Waals surface area contributed by atoms with Gasteiger partial charge in [-0.05, 0) is 37.1 Å². The maximum absolute atomic E-state index is 12.1. The molecule has 0 aliphatic carbocycles. The molecule has 0 radical (unpaired) electrons. The molecule has 0 spiro atoms. The standard InChI is InChI=1S/C16H25N3O2.ClH/c1-21-10-9-19-8-2-3-15(19)12-18-16(20)14-6-4-13(11-17)5-7-14;/h4-7,15H,2-3,8-12,17H2,1H3,(H,18,20);1H. The summed E-state index contributed by atoms with van der Waals surface area (Å²) in [5.74, 6) is -0.0165. The molecule has 0 saturated carbocycles. The molecule has 22 heavy (non-hydrogen) atoms. The summed E-state index contributed by atoms with van der Waals surface area (Å²) in [5.41, 5.74) is 7.28. The van der Waals surface area contributed by atoms with Crippen LogP contribution in [0, 0.1) is 0 Å². The first-order chi connectivity index (χ1) is 10.2. The van der Waals surface area contributed by atoms with Crippen LogP contribution in [0.1, 0.15) is 28.8 Å². The molecule has 0 bridgehead atoms. The Hall–Kier alpha value is -1.14. The van der Waals surface area contributed by atoms with E-state index < -0.39 is 0 Å². The predicted octanol–water partition coefficient (Wildman–Crippen LogP) is 1.41. The van der Waals surface area contributed by atoms with Gasteiger partial charge in [-0.3, -0.25) is 9.69 Å². The van der Waals surface area contributed by atoms with E-state index >= 15 is 0 Å². The van der Waals surface area contributed by atoms with Crippen LogP contribution in [-0.2, 0) is 11.3 Å². The van der Waals surface area contributed by atoms with Gasteiger partial charge in [-0.15, -0.1) is 12.4 Å². The molecule has 3 N–H and O–H groups in total. The highest BCUT2D eigenvalue weighted by Gasteiger charge is 2.24. The summed E-state index contributed by atoms with van der Waals surface area (Å²) in [6.45, 7) is 3.96. The van der Waals surface area contributed by atoms with Crippen LogP contribution in [0.3, 0.4) is 0 Å². The van der Waals surface area contributed by atoms with E-state index in [9.17, 15) is 4.79 Å². The summed E-state index contributed by atoms with van der Waals surface area (Å²) < 4.78 is 5.13. The van der Waals surface area contributed by atoms with E-state index in [4.69, 9.17) is 10.5 Å². The van der Waals surface area contributed by atoms with Crippen LogP contribution in [0.15, 0.2) is 24.3 Å². The summed E-state index contributed by atoms with van der Waals surface area (Å²) in [6, 6.07) is 7.88. The molecule has 0 aromatic heterocycles. The van der Waals surface area contributed by atoms with E-state index in [2.05, 4.69) is 10.2 Å². The minimum Gasteiger partial charge on any atom is -0.383 e. The second kappa shape index (κ2) is 9.79. The average molecular weight is 328 g/mol. The van der Waals surface area contributed by atoms with Gasteiger partial charge in [0, 0.05) is 38.3 Å². The van der Waals surface area contributed by atoms with Crippen molar-refractivity contribution in [3.05, 3.63) is 35.4 Å². The third-order valence-corrected chi connectivity index (χ3v) is 4.03. The quantitative estimate of drug-likeness (QED) is 0.794. The Kier molecular flexibility index (Phi) is 8.42. The molecule has 124 valence electrons. The van der Waals surface area contributed by atoms with Crippen LogP contribution >= 0.6 is 12.4 Å². The highest BCUT2D eigenvalue weighted by Crippen LogP contribution is 2.16. The van der Waals surface area contributed by atoms with E-state index in [0.717, 1.165) is 31.7 Å². The summed E-state index contributed by atoms with van der Waals surface area (Å²) in [6.07, 6.45) is 2.32. The van der Waals surface area contributed by atoms with E-state index in [-0.39, 0.29) is 18.3 Å². The number of rotatable bonds is 7. The van der Waals surface area contributed by atoms with E-state index in [1.807, 2.05) is 24.3 Å². The monoisotopic (exact) mass is 327 g/mol. The van der Waals surface area contributed by atoms with Crippen LogP contribution in [-0.4, -0.2) is 50.2 Å². The van der Waals surface area contributed by atoms with Gasteiger partial charge in [0.25, 0.3) is 5.91 Å². The fourth-order valence-corrected chi connectivity index (χ4v) is 2.73. The number of halogens is 1. The van der Waals surface area contributed by atoms with Crippen LogP contribution in [0.25, 0.3) is 0 Å². The summed E-state index contributed by atoms with van der Waals surface area (Å²) in [5, 5.41) is 3.03. The van der Waals surface area contributed by atoms with Crippen LogP contribution in [0.2, 0.25) is 0 Å². The molecule has 1 saturated heterocycles. The molecule has 6 heteroatoms. The summed E-state index contributed by atoms with van der Waals surface area (Å²) >= 11 is 0. The highest BCUT2D eigenvalue weighted by atomic mass is 35.5. The first kappa shape index (κ1) is 18.9. The molecule has 1 heterocycles. The van der Waals surface area contributed by atoms with Gasteiger partial charge < -0.3 is 15.8 Å². The van der Waals surface area contributed by atoms with E-state index in [1.54, 1.807) is 7.11 Å². The molecular weight excluding hydrogens is 302 g/mol. The van der Waals surface area contributed by atoms with Crippen molar-refractivity contribution in [1.82, 2.24) is 10.2 Å². The van der Waals surface area contributed by atoms with Crippen molar-refractivity contribution in [3.8, 4) is 0 Å². The number of benzene rings is 1. The number of carbonyl (C=O) groups is 1. The topological polar surface area (TPSA) is 67.6 Å². The summed E-state index contributed by atoms with van der Waals surface area (Å²) in [4.78, 5) is 14.5. The van der Waals surface area contributed by atoms with E-state index in [0.29, 0.717) is 24.7 Å². The van der Waals surface area contributed by atoms with Gasteiger partial charge in [0.05, 0.1) is 6.61 Å². The summed E-state index contributed by atoms with van der Waals surface area (Å²) in [7, 11) is 1.72. The molecule has 1 atom stereocenters. The molecule has 1 unspecified atom stereocenters. The number of nitrogens with one attached hydrogen (secondary N) is 1. The van der Waals surface area contributed by atoms with Crippen LogP contribution in [0.5, 0.6) is 0 Å². The van der Waals surface area contributed by atoms with Gasteiger partial charge >= 0.3 is 0 Å². The fraction of sp³-hybridized carbons (Fsp3) is 0.562. The lowest BCUT2D eigenvalue weighted by Crippen LogP contribution is -2.41. The Morgan fingerprint density at radius 1 is 1.41 bits per heavy atom. The van der Waals surface area contributed by atoms with Gasteiger partial charge in [0.15, 0.2) is 0 Å². The van der Waals surface area contributed by atoms with Crippen molar-refractivity contribution in [2.75, 3.05) is 33.4 Å². The zero-order chi connectivity index (χ0) is 15.1. The van der Waals surface area contributed by atoms with Gasteiger partial charge in [-0.25, -0.2) is 0 Å². The van der Waals surface area contributed by atoms with Crippen molar-refractivity contribution in [3.63, 3.8) is 0 Å². The first-order valence-corrected chi connectivity index (χ1v) is 7.54. The minimum absolute atomic E-state index is 0. The number of ether oxygens (including phenoxy) is 1. The Bertz CT molecular complexity index is 453. The van der Waals surface area contributed by atoms with Crippen molar-refractivity contribution < 1.29 is 9.53 Å². The number of hydrogen-bond acceptors (Lipinski definition) is 4. The van der Waals surface area contributed by atoms with Gasteiger partial charge in [-0.2, -0.15) is 0 Å². The zero-order valence-electron chi connectivity index (χ0n) is 13.1. The van der Waals surface area contributed by atoms with Crippen molar-refractivity contribution in [1.29, 1.82) is 0 Å². The molecule has 1 aromatic rings. The van der Waals surface area contributed by atoms with Crippen molar-refractivity contribution in [2.24, 2.45) is 5.73 Å². The maximum Gasteiger partial charge on any atom is 0.251 e. The Labute approximate surface area is 138 Å². The van der Waals surface area contributed by atoms with E-state index in [1.165, 1.54) is 6.42 Å². The molecule has 1 aliphatic rings. The lowest BCUT2D eigenvalue weighted by Gasteiger charge is -2.24. The zero-order valence-corrected chi connectivity index (χ0v) is 13.9. The number of methoxy groups -OCH3 is 1. The van der Waals surface area contributed by atoms with Crippen molar-refractivity contribution in [2.45, 2.75) is 25.4 Å². The third-order valence-electron chi connectivity index (χ3n) is 4.03. The smallest absolute Gasteiger partial charge is 0.251 e. The molecule has 5 nitrogen and oxygen atoms in total. The SMILES string of the molecule is COCCN1CCCC1CNC(=O)c1ccc(CN)cc1.Cl. The number of hydrogen-bond donors (Lipinski definition) is 2. The molecular formula is C16H26ClN3O2. The lowest BCUT2D eigenvalue weighted by molar-refractivity contribution is 0.0933. The minimum atomic E-state index is -0.0165. The van der Waals surface area contributed by atoms with Gasteiger partial charge in [0.2, 0.25) is 0 Å². The highest BCUT2D eigenvalue weighted by molar-refractivity contribution is 5.94. The Morgan fingerprint density at radius 3 is 2.77 bits per heavy atom. The Morgan fingerprint density at radius 2 is 2.14 bits per heavy atom. The third kappa shape index (κ3) is 5.25. The number of amides is 1. The number of carbonyl (C=O) groups excluding carboxylic acids is 1. The molecule has 1 amide bonds.